The van der Waals surface area contributed by atoms with Gasteiger partial charge in [-0.25, -0.2) is 9.59 Å². The smallest absolute Gasteiger partial charge is 0.323 e. The molecule has 0 aromatic heterocycles. The van der Waals surface area contributed by atoms with Crippen LogP contribution in [0, 0.1) is 5.92 Å². The van der Waals surface area contributed by atoms with Crippen LogP contribution in [-0.4, -0.2) is 78.9 Å². The molecular formula is C35H39N5O6. The van der Waals surface area contributed by atoms with Gasteiger partial charge in [0.05, 0.1) is 43.2 Å². The second kappa shape index (κ2) is 14.2. The Morgan fingerprint density at radius 1 is 0.978 bits per heavy atom. The van der Waals surface area contributed by atoms with Gasteiger partial charge in [0, 0.05) is 30.6 Å². The zero-order chi connectivity index (χ0) is 32.8. The quantitative estimate of drug-likeness (QED) is 0.194. The van der Waals surface area contributed by atoms with E-state index in [1.54, 1.807) is 68.4 Å². The van der Waals surface area contributed by atoms with Gasteiger partial charge in [-0.2, -0.15) is 0 Å². The number of urea groups is 2. The zero-order valence-corrected chi connectivity index (χ0v) is 26.3. The van der Waals surface area contributed by atoms with E-state index in [0.717, 1.165) is 10.8 Å². The van der Waals surface area contributed by atoms with E-state index in [1.807, 2.05) is 49.4 Å². The van der Waals surface area contributed by atoms with Crippen LogP contribution >= 0.6 is 0 Å². The highest BCUT2D eigenvalue weighted by molar-refractivity contribution is 6.08. The Hall–Kier alpha value is -5.29. The summed E-state index contributed by atoms with van der Waals surface area (Å²) in [5.74, 6) is 0.287. The van der Waals surface area contributed by atoms with E-state index in [0.29, 0.717) is 22.8 Å². The van der Waals surface area contributed by atoms with Gasteiger partial charge in [0.2, 0.25) is 0 Å². The van der Waals surface area contributed by atoms with Crippen molar-refractivity contribution in [2.75, 3.05) is 49.8 Å². The van der Waals surface area contributed by atoms with E-state index in [4.69, 9.17) is 9.47 Å². The van der Waals surface area contributed by atoms with Gasteiger partial charge in [-0.15, -0.1) is 0 Å². The lowest BCUT2D eigenvalue weighted by atomic mass is 9.99. The van der Waals surface area contributed by atoms with E-state index in [-0.39, 0.29) is 48.9 Å². The largest absolute Gasteiger partial charge is 0.497 e. The van der Waals surface area contributed by atoms with Crippen molar-refractivity contribution in [3.63, 3.8) is 0 Å². The molecule has 0 bridgehead atoms. The lowest BCUT2D eigenvalue weighted by Crippen LogP contribution is -2.50. The average Bonchev–Trinajstić information content (AvgIpc) is 3.06. The molecule has 0 aliphatic carbocycles. The Kier molecular flexibility index (Phi) is 9.92. The number of carbonyl (C=O) groups excluding carboxylic acids is 3. The molecule has 11 heteroatoms. The molecular weight excluding hydrogens is 586 g/mol. The van der Waals surface area contributed by atoms with E-state index in [2.05, 4.69) is 16.0 Å². The van der Waals surface area contributed by atoms with Crippen molar-refractivity contribution in [3.8, 4) is 11.5 Å². The number of nitrogens with zero attached hydrogens (tertiary/aromatic N) is 2. The van der Waals surface area contributed by atoms with E-state index in [1.165, 1.54) is 4.90 Å². The highest BCUT2D eigenvalue weighted by Gasteiger charge is 2.35. The topological polar surface area (TPSA) is 132 Å². The van der Waals surface area contributed by atoms with Crippen LogP contribution in [0.15, 0.2) is 84.9 Å². The Morgan fingerprint density at radius 3 is 2.39 bits per heavy atom. The summed E-state index contributed by atoms with van der Waals surface area (Å²) in [6.07, 6.45) is -0.573. The first kappa shape index (κ1) is 32.1. The maximum atomic E-state index is 13.8. The molecule has 11 nitrogen and oxygen atoms in total. The fraction of sp³-hybridized carbons (Fsp3) is 0.286. The molecule has 3 atom stereocenters. The minimum absolute atomic E-state index is 0.175. The summed E-state index contributed by atoms with van der Waals surface area (Å²) in [7, 11) is 3.24. The summed E-state index contributed by atoms with van der Waals surface area (Å²) in [4.78, 5) is 43.4. The molecule has 0 spiro atoms. The molecule has 0 unspecified atom stereocenters. The number of aliphatic hydroxyl groups excluding tert-OH is 1. The fourth-order valence-corrected chi connectivity index (χ4v) is 5.42. The van der Waals surface area contributed by atoms with Crippen molar-refractivity contribution >= 4 is 45.8 Å². The van der Waals surface area contributed by atoms with Crippen LogP contribution in [0.3, 0.4) is 0 Å². The number of anilines is 3. The highest BCUT2D eigenvalue weighted by Crippen LogP contribution is 2.35. The number of para-hydroxylation sites is 1. The minimum Gasteiger partial charge on any atom is -0.497 e. The van der Waals surface area contributed by atoms with Gasteiger partial charge in [0.25, 0.3) is 5.91 Å². The van der Waals surface area contributed by atoms with Crippen molar-refractivity contribution in [2.45, 2.75) is 26.0 Å². The van der Waals surface area contributed by atoms with Crippen molar-refractivity contribution in [1.29, 1.82) is 0 Å². The first-order valence-electron chi connectivity index (χ1n) is 15.1. The molecule has 1 aliphatic heterocycles. The van der Waals surface area contributed by atoms with Crippen LogP contribution in [0.5, 0.6) is 11.5 Å². The number of nitrogens with one attached hydrogen (secondary N) is 3. The van der Waals surface area contributed by atoms with Crippen molar-refractivity contribution in [2.24, 2.45) is 5.92 Å². The fourth-order valence-electron chi connectivity index (χ4n) is 5.42. The SMILES string of the molecule is COc1ccc(NC(=O)N(C)C[C@H]2Oc3c(NC(=O)Nc4cccc5ccccc45)cccc3C(=O)N([C@H](C)CO)C[C@H]2C)cc1. The van der Waals surface area contributed by atoms with Gasteiger partial charge in [-0.3, -0.25) is 4.79 Å². The summed E-state index contributed by atoms with van der Waals surface area (Å²) in [6.45, 7) is 3.94. The number of carbonyl (C=O) groups is 3. The van der Waals surface area contributed by atoms with E-state index < -0.39 is 18.2 Å². The second-order valence-corrected chi connectivity index (χ2v) is 11.4. The molecule has 0 saturated heterocycles. The molecule has 4 aromatic rings. The number of methoxy groups -OCH3 is 1. The number of hydrogen-bond donors (Lipinski definition) is 4. The number of likely N-dealkylation sites (N-methyl/N-ethyl adjacent to an activating group) is 1. The molecule has 0 saturated carbocycles. The van der Waals surface area contributed by atoms with Crippen LogP contribution < -0.4 is 25.4 Å². The third-order valence-corrected chi connectivity index (χ3v) is 8.12. The molecule has 1 heterocycles. The van der Waals surface area contributed by atoms with Crippen LogP contribution in [0.1, 0.15) is 24.2 Å². The Balaban J connectivity index is 1.41. The normalized spacial score (nSPS) is 16.7. The third-order valence-electron chi connectivity index (χ3n) is 8.12. The predicted octanol–water partition coefficient (Wildman–Crippen LogP) is 5.88. The number of aliphatic hydroxyl groups is 1. The standard InChI is InChI=1S/C35H39N5O6/c1-22-19-40(23(2)21-41)33(42)28-12-8-14-30(38-34(43)37-29-13-7-10-24-9-5-6-11-27(24)29)32(28)46-31(22)20-39(3)35(44)36-25-15-17-26(45-4)18-16-25/h5-18,22-23,31,41H,19-21H2,1-4H3,(H,36,44)(H2,37,38,43)/t22-,23-,31-/m1/s1. The van der Waals surface area contributed by atoms with Crippen molar-refractivity contribution in [3.05, 3.63) is 90.5 Å². The van der Waals surface area contributed by atoms with Crippen molar-refractivity contribution in [1.82, 2.24) is 9.80 Å². The molecule has 1 aliphatic rings. The number of benzene rings is 4. The lowest BCUT2D eigenvalue weighted by Gasteiger charge is -2.38. The molecule has 4 aromatic carbocycles. The summed E-state index contributed by atoms with van der Waals surface area (Å²) < 4.78 is 11.7. The van der Waals surface area contributed by atoms with Crippen LogP contribution in [0.4, 0.5) is 26.7 Å². The van der Waals surface area contributed by atoms with Gasteiger partial charge in [-0.1, -0.05) is 49.4 Å². The van der Waals surface area contributed by atoms with Crippen LogP contribution in [0.25, 0.3) is 10.8 Å². The van der Waals surface area contributed by atoms with Crippen LogP contribution in [0.2, 0.25) is 0 Å². The van der Waals surface area contributed by atoms with Gasteiger partial charge >= 0.3 is 12.1 Å². The molecule has 5 rings (SSSR count). The molecule has 0 radical (unpaired) electrons. The summed E-state index contributed by atoms with van der Waals surface area (Å²) >= 11 is 0. The first-order valence-corrected chi connectivity index (χ1v) is 15.1. The number of ether oxygens (including phenoxy) is 2. The third kappa shape index (κ3) is 7.16. The van der Waals surface area contributed by atoms with Gasteiger partial charge in [-0.05, 0) is 54.8 Å². The Bertz CT molecular complexity index is 1710. The maximum absolute atomic E-state index is 13.8. The molecule has 46 heavy (non-hydrogen) atoms. The maximum Gasteiger partial charge on any atom is 0.323 e. The average molecular weight is 626 g/mol. The number of rotatable bonds is 8. The second-order valence-electron chi connectivity index (χ2n) is 11.4. The predicted molar refractivity (Wildman–Crippen MR) is 179 cm³/mol. The van der Waals surface area contributed by atoms with Gasteiger partial charge < -0.3 is 40.3 Å². The summed E-state index contributed by atoms with van der Waals surface area (Å²) in [6, 6.07) is 24.0. The van der Waals surface area contributed by atoms with Crippen molar-refractivity contribution < 1.29 is 29.0 Å². The molecule has 240 valence electrons. The Labute approximate surface area is 268 Å². The van der Waals surface area contributed by atoms with E-state index >= 15 is 0 Å². The van der Waals surface area contributed by atoms with Gasteiger partial charge in [0.1, 0.15) is 11.9 Å². The summed E-state index contributed by atoms with van der Waals surface area (Å²) in [5.41, 5.74) is 1.77. The van der Waals surface area contributed by atoms with Crippen LogP contribution in [-0.2, 0) is 0 Å². The number of hydrogen-bond acceptors (Lipinski definition) is 6. The first-order chi connectivity index (χ1) is 22.2. The minimum atomic E-state index is -0.573. The zero-order valence-electron chi connectivity index (χ0n) is 26.3. The molecule has 0 fully saturated rings. The van der Waals surface area contributed by atoms with E-state index in [9.17, 15) is 19.5 Å². The monoisotopic (exact) mass is 625 g/mol. The molecule has 4 N–H and O–H groups in total. The lowest BCUT2D eigenvalue weighted by molar-refractivity contribution is 0.0373. The Morgan fingerprint density at radius 2 is 1.65 bits per heavy atom. The molecule has 5 amide bonds. The number of fused-ring (bicyclic) bond motifs is 2. The van der Waals surface area contributed by atoms with Gasteiger partial charge in [0.15, 0.2) is 5.75 Å². The highest BCUT2D eigenvalue weighted by atomic mass is 16.5. The number of amides is 5. The summed E-state index contributed by atoms with van der Waals surface area (Å²) in [5, 5.41) is 20.5.